The zero-order chi connectivity index (χ0) is 16.4. The number of piperazine rings is 1. The maximum atomic E-state index is 12.6. The molecule has 0 aliphatic carbocycles. The Hall–Kier alpha value is -1.70. The van der Waals surface area contributed by atoms with Gasteiger partial charge in [0, 0.05) is 47.1 Å². The van der Waals surface area contributed by atoms with Crippen molar-refractivity contribution in [2.75, 3.05) is 31.1 Å². The molecule has 0 atom stereocenters. The van der Waals surface area contributed by atoms with E-state index in [0.29, 0.717) is 13.1 Å². The molecule has 1 aliphatic heterocycles. The Kier molecular flexibility index (Phi) is 4.79. The number of aryl methyl sites for hydroxylation is 2. The summed E-state index contributed by atoms with van der Waals surface area (Å²) in [6.07, 6.45) is 0. The monoisotopic (exact) mass is 422 g/mol. The van der Waals surface area contributed by atoms with Gasteiger partial charge in [-0.2, -0.15) is 0 Å². The second-order valence-corrected chi connectivity index (χ2v) is 6.95. The smallest absolute Gasteiger partial charge is 0.254 e. The maximum absolute atomic E-state index is 12.6. The minimum Gasteiger partial charge on any atom is -0.353 e. The maximum Gasteiger partial charge on any atom is 0.254 e. The van der Waals surface area contributed by atoms with Crippen LogP contribution in [0.5, 0.6) is 0 Å². The largest absolute Gasteiger partial charge is 0.353 e. The third-order valence-corrected chi connectivity index (χ3v) is 4.59. The van der Waals surface area contributed by atoms with Crippen LogP contribution in [0.3, 0.4) is 0 Å². The lowest BCUT2D eigenvalue weighted by Gasteiger charge is -2.35. The van der Waals surface area contributed by atoms with Crippen molar-refractivity contribution in [3.8, 4) is 0 Å². The fraction of sp³-hybridized carbons (Fsp3) is 0.353. The highest BCUT2D eigenvalue weighted by molar-refractivity contribution is 14.1. The Morgan fingerprint density at radius 1 is 1.09 bits per heavy atom. The lowest BCUT2D eigenvalue weighted by atomic mass is 10.2. The van der Waals surface area contributed by atoms with Gasteiger partial charge in [0.05, 0.1) is 0 Å². The zero-order valence-electron chi connectivity index (χ0n) is 13.3. The highest BCUT2D eigenvalue weighted by Gasteiger charge is 2.23. The summed E-state index contributed by atoms with van der Waals surface area (Å²) in [5, 5.41) is 0. The first-order valence-corrected chi connectivity index (χ1v) is 8.73. The lowest BCUT2D eigenvalue weighted by molar-refractivity contribution is 0.0746. The van der Waals surface area contributed by atoms with Crippen molar-refractivity contribution >= 4 is 34.3 Å². The molecule has 5 nitrogen and oxygen atoms in total. The number of carbonyl (C=O) groups excluding carboxylic acids is 1. The summed E-state index contributed by atoms with van der Waals surface area (Å²) in [6, 6.07) is 9.75. The molecule has 0 radical (unpaired) electrons. The normalized spacial score (nSPS) is 14.9. The molecule has 2 heterocycles. The van der Waals surface area contributed by atoms with E-state index in [0.717, 1.165) is 39.6 Å². The van der Waals surface area contributed by atoms with Crippen molar-refractivity contribution in [1.29, 1.82) is 0 Å². The van der Waals surface area contributed by atoms with Crippen molar-refractivity contribution in [1.82, 2.24) is 14.9 Å². The van der Waals surface area contributed by atoms with Crippen LogP contribution in [0, 0.1) is 17.4 Å². The molecule has 0 unspecified atom stereocenters. The summed E-state index contributed by atoms with van der Waals surface area (Å²) in [6.45, 7) is 6.91. The van der Waals surface area contributed by atoms with E-state index < -0.39 is 0 Å². The van der Waals surface area contributed by atoms with Gasteiger partial charge in [-0.3, -0.25) is 4.79 Å². The number of carbonyl (C=O) groups is 1. The third-order valence-electron chi connectivity index (χ3n) is 3.91. The quantitative estimate of drug-likeness (QED) is 0.699. The molecular weight excluding hydrogens is 403 g/mol. The molecule has 1 amide bonds. The molecule has 3 rings (SSSR count). The summed E-state index contributed by atoms with van der Waals surface area (Å²) in [5.74, 6) is 1.85. The summed E-state index contributed by atoms with van der Waals surface area (Å²) in [5.41, 5.74) is 1.74. The van der Waals surface area contributed by atoms with E-state index in [1.807, 2.05) is 49.1 Å². The highest BCUT2D eigenvalue weighted by Crippen LogP contribution is 2.17. The van der Waals surface area contributed by atoms with Crippen molar-refractivity contribution in [2.24, 2.45) is 0 Å². The van der Waals surface area contributed by atoms with Crippen LogP contribution in [0.4, 0.5) is 5.82 Å². The number of aromatic nitrogens is 2. The van der Waals surface area contributed by atoms with Crippen LogP contribution in [0.1, 0.15) is 21.9 Å². The number of nitrogens with zero attached hydrogens (tertiary/aromatic N) is 4. The van der Waals surface area contributed by atoms with Gasteiger partial charge in [0.1, 0.15) is 11.6 Å². The Labute approximate surface area is 149 Å². The first-order chi connectivity index (χ1) is 11.0. The number of hydrogen-bond donors (Lipinski definition) is 0. The molecule has 0 saturated carbocycles. The Morgan fingerprint density at radius 2 is 1.83 bits per heavy atom. The van der Waals surface area contributed by atoms with Crippen LogP contribution < -0.4 is 4.90 Å². The minimum absolute atomic E-state index is 0.109. The molecule has 1 aromatic carbocycles. The lowest BCUT2D eigenvalue weighted by Crippen LogP contribution is -2.49. The van der Waals surface area contributed by atoms with Crippen molar-refractivity contribution in [3.05, 3.63) is 51.0 Å². The summed E-state index contributed by atoms with van der Waals surface area (Å²) >= 11 is 2.23. The highest BCUT2D eigenvalue weighted by atomic mass is 127. The molecule has 23 heavy (non-hydrogen) atoms. The number of amides is 1. The molecule has 1 fully saturated rings. The molecule has 0 bridgehead atoms. The van der Waals surface area contributed by atoms with Crippen LogP contribution in [-0.4, -0.2) is 47.0 Å². The fourth-order valence-electron chi connectivity index (χ4n) is 2.80. The summed E-state index contributed by atoms with van der Waals surface area (Å²) in [7, 11) is 0. The minimum atomic E-state index is 0.109. The van der Waals surface area contributed by atoms with Crippen LogP contribution >= 0.6 is 22.6 Å². The first-order valence-electron chi connectivity index (χ1n) is 7.65. The Balaban J connectivity index is 1.67. The van der Waals surface area contributed by atoms with Gasteiger partial charge in [0.15, 0.2) is 0 Å². The van der Waals surface area contributed by atoms with Gasteiger partial charge in [0.2, 0.25) is 0 Å². The molecular formula is C17H19IN4O. The van der Waals surface area contributed by atoms with E-state index in [2.05, 4.69) is 37.5 Å². The molecule has 1 saturated heterocycles. The van der Waals surface area contributed by atoms with Gasteiger partial charge < -0.3 is 9.80 Å². The van der Waals surface area contributed by atoms with Gasteiger partial charge in [0.25, 0.3) is 5.91 Å². The van der Waals surface area contributed by atoms with Gasteiger partial charge >= 0.3 is 0 Å². The predicted octanol–water partition coefficient (Wildman–Crippen LogP) is 2.66. The molecule has 6 heteroatoms. The average molecular weight is 422 g/mol. The SMILES string of the molecule is Cc1cc(N2CCN(C(=O)c3cccc(I)c3)CC2)nc(C)n1. The molecule has 1 aromatic heterocycles. The van der Waals surface area contributed by atoms with Crippen LogP contribution in [0.15, 0.2) is 30.3 Å². The average Bonchev–Trinajstić information content (AvgIpc) is 2.53. The van der Waals surface area contributed by atoms with Crippen LogP contribution in [-0.2, 0) is 0 Å². The Morgan fingerprint density at radius 3 is 2.48 bits per heavy atom. The number of anilines is 1. The Bertz CT molecular complexity index is 706. The van der Waals surface area contributed by atoms with E-state index in [-0.39, 0.29) is 5.91 Å². The molecule has 0 spiro atoms. The molecule has 1 aliphatic rings. The van der Waals surface area contributed by atoms with Gasteiger partial charge in [-0.25, -0.2) is 9.97 Å². The van der Waals surface area contributed by atoms with E-state index >= 15 is 0 Å². The van der Waals surface area contributed by atoms with Crippen LogP contribution in [0.25, 0.3) is 0 Å². The van der Waals surface area contributed by atoms with Crippen molar-refractivity contribution < 1.29 is 4.79 Å². The number of halogens is 1. The predicted molar refractivity (Wildman–Crippen MR) is 98.8 cm³/mol. The fourth-order valence-corrected chi connectivity index (χ4v) is 3.35. The second-order valence-electron chi connectivity index (χ2n) is 5.70. The molecule has 0 N–H and O–H groups in total. The van der Waals surface area contributed by atoms with E-state index in [9.17, 15) is 4.79 Å². The molecule has 2 aromatic rings. The third kappa shape index (κ3) is 3.80. The van der Waals surface area contributed by atoms with E-state index in [1.54, 1.807) is 0 Å². The number of hydrogen-bond acceptors (Lipinski definition) is 4. The summed E-state index contributed by atoms with van der Waals surface area (Å²) in [4.78, 5) is 25.5. The molecule has 120 valence electrons. The number of rotatable bonds is 2. The van der Waals surface area contributed by atoms with E-state index in [4.69, 9.17) is 0 Å². The summed E-state index contributed by atoms with van der Waals surface area (Å²) < 4.78 is 1.08. The second kappa shape index (κ2) is 6.82. The first kappa shape index (κ1) is 16.2. The van der Waals surface area contributed by atoms with Gasteiger partial charge in [-0.15, -0.1) is 0 Å². The van der Waals surface area contributed by atoms with Crippen molar-refractivity contribution in [2.45, 2.75) is 13.8 Å². The standard InChI is InChI=1S/C17H19IN4O/c1-12-10-16(20-13(2)19-12)21-6-8-22(9-7-21)17(23)14-4-3-5-15(18)11-14/h3-5,10-11H,6-9H2,1-2H3. The topological polar surface area (TPSA) is 49.3 Å². The van der Waals surface area contributed by atoms with Crippen molar-refractivity contribution in [3.63, 3.8) is 0 Å². The van der Waals surface area contributed by atoms with Crippen LogP contribution in [0.2, 0.25) is 0 Å². The zero-order valence-corrected chi connectivity index (χ0v) is 15.4. The number of benzene rings is 1. The van der Waals surface area contributed by atoms with E-state index in [1.165, 1.54) is 0 Å². The van der Waals surface area contributed by atoms with Gasteiger partial charge in [-0.05, 0) is 54.6 Å². The van der Waals surface area contributed by atoms with Gasteiger partial charge in [-0.1, -0.05) is 6.07 Å².